The van der Waals surface area contributed by atoms with E-state index in [2.05, 4.69) is 82.5 Å². The fourth-order valence-electron chi connectivity index (χ4n) is 3.74. The quantitative estimate of drug-likeness (QED) is 0.308. The van der Waals surface area contributed by atoms with Crippen molar-refractivity contribution in [1.82, 2.24) is 9.47 Å². The molecule has 3 aromatic carbocycles. The Morgan fingerprint density at radius 2 is 1.53 bits per heavy atom. The molecule has 170 valence electrons. The molecule has 0 aliphatic carbocycles. The van der Waals surface area contributed by atoms with Crippen molar-refractivity contribution < 1.29 is 4.79 Å². The predicted octanol–water partition coefficient (Wildman–Crippen LogP) is 6.41. The van der Waals surface area contributed by atoms with E-state index >= 15 is 0 Å². The van der Waals surface area contributed by atoms with Gasteiger partial charge in [-0.1, -0.05) is 89.6 Å². The van der Waals surface area contributed by atoms with E-state index in [1.54, 1.807) is 16.2 Å². The number of amides is 1. The van der Waals surface area contributed by atoms with Gasteiger partial charge in [0.2, 0.25) is 4.80 Å². The molecule has 0 saturated carbocycles. The number of hydrogen-bond donors (Lipinski definition) is 0. The third kappa shape index (κ3) is 4.76. The third-order valence-corrected chi connectivity index (χ3v) is 7.32. The van der Waals surface area contributed by atoms with Gasteiger partial charge in [0.25, 0.3) is 5.24 Å². The maximum Gasteiger partial charge on any atom is 0.287 e. The lowest BCUT2D eigenvalue weighted by molar-refractivity contribution is 0.244. The van der Waals surface area contributed by atoms with Gasteiger partial charge in [0.05, 0.1) is 18.0 Å². The molecule has 34 heavy (non-hydrogen) atoms. The van der Waals surface area contributed by atoms with Gasteiger partial charge >= 0.3 is 0 Å². The maximum absolute atomic E-state index is 12.5. The summed E-state index contributed by atoms with van der Waals surface area (Å²) in [5.41, 5.74) is 6.70. The standard InChI is InChI=1S/C27H24N4OS2/c1-19-8-12-22(13-9-19)24-17-33-26(31(24)23-14-10-20(2)11-15-23)29-28-25-18-34-27(32)30(25)16-21-6-4-3-5-7-21/h3-15,17H,16,18H2,1-2H3. The van der Waals surface area contributed by atoms with Crippen molar-refractivity contribution >= 4 is 34.2 Å². The number of amidine groups is 1. The molecule has 1 aliphatic rings. The van der Waals surface area contributed by atoms with Gasteiger partial charge in [-0.15, -0.1) is 21.5 Å². The van der Waals surface area contributed by atoms with Crippen molar-refractivity contribution in [3.63, 3.8) is 0 Å². The normalized spacial score (nSPS) is 15.5. The molecule has 4 aromatic rings. The number of rotatable bonds is 5. The SMILES string of the molecule is Cc1ccc(-c2csc(=NN=C3CSC(=O)N3Cc3ccccc3)n2-c2ccc(C)cc2)cc1. The van der Waals surface area contributed by atoms with Crippen molar-refractivity contribution in [1.29, 1.82) is 0 Å². The Morgan fingerprint density at radius 3 is 2.24 bits per heavy atom. The molecule has 1 saturated heterocycles. The number of hydrogen-bond acceptors (Lipinski definition) is 5. The molecule has 2 heterocycles. The Morgan fingerprint density at radius 1 is 0.853 bits per heavy atom. The molecule has 1 aromatic heterocycles. The Labute approximate surface area is 207 Å². The lowest BCUT2D eigenvalue weighted by atomic mass is 10.1. The van der Waals surface area contributed by atoms with E-state index in [0.29, 0.717) is 18.1 Å². The number of thiazole rings is 1. The Hall–Kier alpha value is -3.42. The summed E-state index contributed by atoms with van der Waals surface area (Å²) in [7, 11) is 0. The second kappa shape index (κ2) is 9.83. The van der Waals surface area contributed by atoms with Crippen LogP contribution in [0.2, 0.25) is 0 Å². The molecule has 1 aliphatic heterocycles. The number of thioether (sulfide) groups is 1. The zero-order valence-electron chi connectivity index (χ0n) is 19.0. The van der Waals surface area contributed by atoms with E-state index in [0.717, 1.165) is 27.3 Å². The molecule has 0 N–H and O–H groups in total. The second-order valence-corrected chi connectivity index (χ2v) is 9.95. The van der Waals surface area contributed by atoms with Crippen molar-refractivity contribution in [2.24, 2.45) is 10.2 Å². The molecule has 0 spiro atoms. The van der Waals surface area contributed by atoms with Crippen LogP contribution in [0.25, 0.3) is 16.9 Å². The second-order valence-electron chi connectivity index (χ2n) is 8.18. The number of benzene rings is 3. The number of nitrogens with zero attached hydrogens (tertiary/aromatic N) is 4. The van der Waals surface area contributed by atoms with Gasteiger partial charge in [0, 0.05) is 11.1 Å². The molecule has 5 rings (SSSR count). The topological polar surface area (TPSA) is 50.0 Å². The summed E-state index contributed by atoms with van der Waals surface area (Å²) in [6, 6.07) is 26.9. The van der Waals surface area contributed by atoms with Crippen molar-refractivity contribution in [3.05, 3.63) is 106 Å². The first-order valence-electron chi connectivity index (χ1n) is 11.0. The monoisotopic (exact) mass is 484 g/mol. The van der Waals surface area contributed by atoms with Gasteiger partial charge in [-0.3, -0.25) is 14.3 Å². The minimum absolute atomic E-state index is 0.00994. The van der Waals surface area contributed by atoms with Gasteiger partial charge in [-0.2, -0.15) is 0 Å². The van der Waals surface area contributed by atoms with Gasteiger partial charge in [-0.25, -0.2) is 0 Å². The van der Waals surface area contributed by atoms with Crippen LogP contribution in [-0.4, -0.2) is 26.3 Å². The van der Waals surface area contributed by atoms with Crippen LogP contribution in [0.1, 0.15) is 16.7 Å². The smallest absolute Gasteiger partial charge is 0.284 e. The van der Waals surface area contributed by atoms with Crippen LogP contribution >= 0.6 is 23.1 Å². The minimum atomic E-state index is 0.00994. The number of carbonyl (C=O) groups is 1. The Kier molecular flexibility index (Phi) is 6.47. The summed E-state index contributed by atoms with van der Waals surface area (Å²) in [6.45, 7) is 4.67. The lowest BCUT2D eigenvalue weighted by Crippen LogP contribution is -2.28. The lowest BCUT2D eigenvalue weighted by Gasteiger charge is -2.15. The zero-order chi connectivity index (χ0) is 23.5. The zero-order valence-corrected chi connectivity index (χ0v) is 20.6. The summed E-state index contributed by atoms with van der Waals surface area (Å²) in [6.07, 6.45) is 0. The van der Waals surface area contributed by atoms with Crippen molar-refractivity contribution in [2.75, 3.05) is 5.75 Å². The molecule has 1 amide bonds. The largest absolute Gasteiger partial charge is 0.287 e. The van der Waals surface area contributed by atoms with Crippen LogP contribution in [0, 0.1) is 13.8 Å². The molecule has 0 bridgehead atoms. The third-order valence-electron chi connectivity index (χ3n) is 5.64. The van der Waals surface area contributed by atoms with Gasteiger partial charge in [0.15, 0.2) is 0 Å². The average Bonchev–Trinajstić information content (AvgIpc) is 3.43. The summed E-state index contributed by atoms with van der Waals surface area (Å²) in [4.78, 5) is 15.0. The first-order valence-corrected chi connectivity index (χ1v) is 12.9. The van der Waals surface area contributed by atoms with E-state index in [4.69, 9.17) is 0 Å². The Bertz CT molecular complexity index is 1400. The Balaban J connectivity index is 1.57. The van der Waals surface area contributed by atoms with Gasteiger partial charge in [0.1, 0.15) is 5.84 Å². The molecular formula is C27H24N4OS2. The summed E-state index contributed by atoms with van der Waals surface area (Å²) < 4.78 is 2.13. The summed E-state index contributed by atoms with van der Waals surface area (Å²) >= 11 is 2.81. The van der Waals surface area contributed by atoms with Crippen molar-refractivity contribution in [3.8, 4) is 16.9 Å². The first-order chi connectivity index (χ1) is 16.6. The predicted molar refractivity (Wildman–Crippen MR) is 141 cm³/mol. The minimum Gasteiger partial charge on any atom is -0.284 e. The number of aryl methyl sites for hydroxylation is 2. The summed E-state index contributed by atoms with van der Waals surface area (Å²) in [5, 5.41) is 11.3. The van der Waals surface area contributed by atoms with Crippen LogP contribution in [-0.2, 0) is 6.54 Å². The summed E-state index contributed by atoms with van der Waals surface area (Å²) in [5.74, 6) is 1.20. The highest BCUT2D eigenvalue weighted by Crippen LogP contribution is 2.25. The van der Waals surface area contributed by atoms with E-state index in [9.17, 15) is 4.79 Å². The highest BCUT2D eigenvalue weighted by Gasteiger charge is 2.28. The van der Waals surface area contributed by atoms with Crippen LogP contribution < -0.4 is 4.80 Å². The van der Waals surface area contributed by atoms with Gasteiger partial charge < -0.3 is 0 Å². The molecular weight excluding hydrogens is 460 g/mol. The van der Waals surface area contributed by atoms with E-state index in [1.165, 1.54) is 22.9 Å². The highest BCUT2D eigenvalue weighted by atomic mass is 32.2. The molecule has 0 atom stereocenters. The van der Waals surface area contributed by atoms with E-state index in [1.807, 2.05) is 30.3 Å². The molecule has 1 fully saturated rings. The molecule has 0 unspecified atom stereocenters. The number of carbonyl (C=O) groups excluding carboxylic acids is 1. The fraction of sp³-hybridized carbons (Fsp3) is 0.148. The highest BCUT2D eigenvalue weighted by molar-refractivity contribution is 8.14. The molecule has 5 nitrogen and oxygen atoms in total. The van der Waals surface area contributed by atoms with Crippen molar-refractivity contribution in [2.45, 2.75) is 20.4 Å². The molecule has 7 heteroatoms. The van der Waals surface area contributed by atoms with Gasteiger partial charge in [-0.05, 0) is 37.1 Å². The van der Waals surface area contributed by atoms with Crippen LogP contribution in [0.3, 0.4) is 0 Å². The van der Waals surface area contributed by atoms with Crippen LogP contribution in [0.15, 0.2) is 94.4 Å². The average molecular weight is 485 g/mol. The van der Waals surface area contributed by atoms with Crippen LogP contribution in [0.4, 0.5) is 4.79 Å². The first kappa shape index (κ1) is 22.4. The van der Waals surface area contributed by atoms with E-state index < -0.39 is 0 Å². The van der Waals surface area contributed by atoms with E-state index in [-0.39, 0.29) is 5.24 Å². The maximum atomic E-state index is 12.5. The fourth-order valence-corrected chi connectivity index (χ4v) is 5.39. The molecule has 0 radical (unpaired) electrons. The number of aromatic nitrogens is 1. The van der Waals surface area contributed by atoms with Crippen LogP contribution in [0.5, 0.6) is 0 Å².